The number of rotatable bonds is 2. The van der Waals surface area contributed by atoms with Gasteiger partial charge in [-0.05, 0) is 35.7 Å². The van der Waals surface area contributed by atoms with Crippen molar-refractivity contribution in [2.75, 3.05) is 0 Å². The molecule has 76 valence electrons. The van der Waals surface area contributed by atoms with Crippen molar-refractivity contribution < 1.29 is 4.79 Å². The zero-order valence-electron chi connectivity index (χ0n) is 8.22. The van der Waals surface area contributed by atoms with Gasteiger partial charge in [-0.1, -0.05) is 0 Å². The highest BCUT2D eigenvalue weighted by Crippen LogP contribution is 2.23. The molecule has 0 amide bonds. The lowest BCUT2D eigenvalue weighted by molar-refractivity contribution is -0.116. The number of fused-ring (bicyclic) bond motifs is 1. The molecule has 4 heteroatoms. The summed E-state index contributed by atoms with van der Waals surface area (Å²) in [5, 5.41) is 0. The molecule has 1 aromatic rings. The Hall–Kier alpha value is -0.640. The maximum absolute atomic E-state index is 11.1. The van der Waals surface area contributed by atoms with Gasteiger partial charge in [0.1, 0.15) is 16.2 Å². The zero-order chi connectivity index (χ0) is 10.1. The van der Waals surface area contributed by atoms with Crippen molar-refractivity contribution >= 4 is 21.7 Å². The lowest BCUT2D eigenvalue weighted by atomic mass is 10.1. The first-order valence-corrected chi connectivity index (χ1v) is 5.71. The second-order valence-electron chi connectivity index (χ2n) is 3.75. The second-order valence-corrected chi connectivity index (χ2v) is 4.50. The molecule has 0 aliphatic carbocycles. The lowest BCUT2D eigenvalue weighted by Gasteiger charge is -2.15. The van der Waals surface area contributed by atoms with Crippen molar-refractivity contribution in [1.82, 2.24) is 9.55 Å². The van der Waals surface area contributed by atoms with Crippen molar-refractivity contribution in [2.24, 2.45) is 0 Å². The maximum atomic E-state index is 11.1. The van der Waals surface area contributed by atoms with Crippen molar-refractivity contribution in [1.29, 1.82) is 0 Å². The van der Waals surface area contributed by atoms with E-state index in [0.717, 1.165) is 29.1 Å². The fourth-order valence-corrected chi connectivity index (χ4v) is 2.48. The Balaban J connectivity index is 2.37. The van der Waals surface area contributed by atoms with Crippen molar-refractivity contribution in [3.8, 4) is 0 Å². The number of hydrogen-bond acceptors (Lipinski definition) is 2. The molecule has 2 rings (SSSR count). The monoisotopic (exact) mass is 256 g/mol. The van der Waals surface area contributed by atoms with Gasteiger partial charge in [-0.25, -0.2) is 4.98 Å². The van der Waals surface area contributed by atoms with E-state index >= 15 is 0 Å². The topological polar surface area (TPSA) is 34.9 Å². The molecule has 0 aromatic carbocycles. The molecule has 0 fully saturated rings. The molecule has 1 aliphatic rings. The van der Waals surface area contributed by atoms with Gasteiger partial charge in [-0.3, -0.25) is 4.79 Å². The largest absolute Gasteiger partial charge is 0.331 e. The summed E-state index contributed by atoms with van der Waals surface area (Å²) in [5.74, 6) is 1.32. The SMILES string of the molecule is CC(=O)Cc1c(Br)nc2n1CCCC2. The van der Waals surface area contributed by atoms with Crippen LogP contribution in [0.15, 0.2) is 4.60 Å². The zero-order valence-corrected chi connectivity index (χ0v) is 9.80. The minimum absolute atomic E-state index is 0.193. The molecular formula is C10H13BrN2O. The summed E-state index contributed by atoms with van der Waals surface area (Å²) in [6.45, 7) is 2.63. The van der Waals surface area contributed by atoms with E-state index in [9.17, 15) is 4.79 Å². The predicted molar refractivity (Wildman–Crippen MR) is 57.3 cm³/mol. The molecule has 0 atom stereocenters. The van der Waals surface area contributed by atoms with Crippen LogP contribution >= 0.6 is 15.9 Å². The predicted octanol–water partition coefficient (Wildman–Crippen LogP) is 2.11. The Morgan fingerprint density at radius 2 is 2.36 bits per heavy atom. The lowest BCUT2D eigenvalue weighted by Crippen LogP contribution is -2.14. The highest BCUT2D eigenvalue weighted by molar-refractivity contribution is 9.10. The van der Waals surface area contributed by atoms with E-state index in [2.05, 4.69) is 25.5 Å². The molecule has 1 aliphatic heterocycles. The molecule has 14 heavy (non-hydrogen) atoms. The highest BCUT2D eigenvalue weighted by atomic mass is 79.9. The van der Waals surface area contributed by atoms with Gasteiger partial charge in [0.15, 0.2) is 0 Å². The first-order chi connectivity index (χ1) is 6.68. The van der Waals surface area contributed by atoms with Crippen LogP contribution in [0.25, 0.3) is 0 Å². The van der Waals surface area contributed by atoms with E-state index < -0.39 is 0 Å². The quantitative estimate of drug-likeness (QED) is 0.813. The molecule has 0 saturated heterocycles. The van der Waals surface area contributed by atoms with Gasteiger partial charge in [-0.2, -0.15) is 0 Å². The van der Waals surface area contributed by atoms with Crippen LogP contribution in [0.5, 0.6) is 0 Å². The molecule has 2 heterocycles. The van der Waals surface area contributed by atoms with E-state index in [4.69, 9.17) is 0 Å². The highest BCUT2D eigenvalue weighted by Gasteiger charge is 2.18. The number of aryl methyl sites for hydroxylation is 1. The number of carbonyl (C=O) groups is 1. The third kappa shape index (κ3) is 1.75. The Morgan fingerprint density at radius 1 is 1.57 bits per heavy atom. The molecule has 0 radical (unpaired) electrons. The molecule has 1 aromatic heterocycles. The summed E-state index contributed by atoms with van der Waals surface area (Å²) >= 11 is 3.42. The Kier molecular flexibility index (Phi) is 2.72. The molecule has 0 bridgehead atoms. The molecule has 0 saturated carbocycles. The molecule has 0 spiro atoms. The summed E-state index contributed by atoms with van der Waals surface area (Å²) in [5.41, 5.74) is 1.05. The minimum Gasteiger partial charge on any atom is -0.331 e. The smallest absolute Gasteiger partial charge is 0.135 e. The van der Waals surface area contributed by atoms with Crippen molar-refractivity contribution in [2.45, 2.75) is 39.2 Å². The van der Waals surface area contributed by atoms with Crippen molar-refractivity contribution in [3.63, 3.8) is 0 Å². The average Bonchev–Trinajstić information content (AvgIpc) is 2.43. The number of halogens is 1. The number of ketones is 1. The van der Waals surface area contributed by atoms with Crippen molar-refractivity contribution in [3.05, 3.63) is 16.1 Å². The van der Waals surface area contributed by atoms with Crippen LogP contribution in [0.4, 0.5) is 0 Å². The van der Waals surface area contributed by atoms with Gasteiger partial charge < -0.3 is 4.57 Å². The summed E-state index contributed by atoms with van der Waals surface area (Å²) in [7, 11) is 0. The Labute approximate surface area is 91.6 Å². The van der Waals surface area contributed by atoms with Gasteiger partial charge in [-0.15, -0.1) is 0 Å². The third-order valence-corrected chi connectivity index (χ3v) is 3.19. The number of carbonyl (C=O) groups excluding carboxylic acids is 1. The number of imidazole rings is 1. The van der Waals surface area contributed by atoms with Gasteiger partial charge >= 0.3 is 0 Å². The van der Waals surface area contributed by atoms with Crippen LogP contribution in [-0.4, -0.2) is 15.3 Å². The summed E-state index contributed by atoms with van der Waals surface area (Å²) in [6, 6.07) is 0. The van der Waals surface area contributed by atoms with Crippen LogP contribution < -0.4 is 0 Å². The van der Waals surface area contributed by atoms with E-state index in [0.29, 0.717) is 6.42 Å². The first kappa shape index (κ1) is 9.90. The Bertz CT molecular complexity index is 370. The summed E-state index contributed by atoms with van der Waals surface area (Å²) in [4.78, 5) is 15.5. The number of hydrogen-bond donors (Lipinski definition) is 0. The second kappa shape index (κ2) is 3.85. The maximum Gasteiger partial charge on any atom is 0.135 e. The van der Waals surface area contributed by atoms with E-state index in [1.807, 2.05) is 0 Å². The van der Waals surface area contributed by atoms with E-state index in [1.54, 1.807) is 6.92 Å². The summed E-state index contributed by atoms with van der Waals surface area (Å²) < 4.78 is 3.04. The van der Waals surface area contributed by atoms with Gasteiger partial charge in [0.05, 0.1) is 5.69 Å². The number of Topliss-reactive ketones (excluding diaryl/α,β-unsaturated/α-hetero) is 1. The fraction of sp³-hybridized carbons (Fsp3) is 0.600. The normalized spacial score (nSPS) is 15.3. The third-order valence-electron chi connectivity index (χ3n) is 2.55. The molecule has 3 nitrogen and oxygen atoms in total. The summed E-state index contributed by atoms with van der Waals surface area (Å²) in [6.07, 6.45) is 3.94. The Morgan fingerprint density at radius 3 is 3.07 bits per heavy atom. The first-order valence-electron chi connectivity index (χ1n) is 4.91. The van der Waals surface area contributed by atoms with Crippen LogP contribution in [0.1, 0.15) is 31.3 Å². The minimum atomic E-state index is 0.193. The van der Waals surface area contributed by atoms with Crippen LogP contribution in [0.2, 0.25) is 0 Å². The van der Waals surface area contributed by atoms with E-state index in [-0.39, 0.29) is 5.78 Å². The molecule has 0 N–H and O–H groups in total. The number of aromatic nitrogens is 2. The fourth-order valence-electron chi connectivity index (χ4n) is 1.92. The molecular weight excluding hydrogens is 244 g/mol. The van der Waals surface area contributed by atoms with Gasteiger partial charge in [0, 0.05) is 19.4 Å². The van der Waals surface area contributed by atoms with Gasteiger partial charge in [0.25, 0.3) is 0 Å². The standard InChI is InChI=1S/C10H13BrN2O/c1-7(14)6-8-10(11)12-9-4-2-3-5-13(8)9/h2-6H2,1H3. The van der Waals surface area contributed by atoms with Crippen LogP contribution in [0, 0.1) is 0 Å². The average molecular weight is 257 g/mol. The van der Waals surface area contributed by atoms with E-state index in [1.165, 1.54) is 12.8 Å². The van der Waals surface area contributed by atoms with Gasteiger partial charge in [0.2, 0.25) is 0 Å². The van der Waals surface area contributed by atoms with Crippen LogP contribution in [0.3, 0.4) is 0 Å². The molecule has 0 unspecified atom stereocenters. The number of nitrogens with zero attached hydrogens (tertiary/aromatic N) is 2. The van der Waals surface area contributed by atoms with Crippen LogP contribution in [-0.2, 0) is 24.2 Å².